The Kier molecular flexibility index (Phi) is 5.06. The Morgan fingerprint density at radius 3 is 2.74 bits per heavy atom. The Balaban J connectivity index is 1.34. The van der Waals surface area contributed by atoms with Gasteiger partial charge in [-0.3, -0.25) is 4.79 Å². The second-order valence-corrected chi connectivity index (χ2v) is 8.43. The highest BCUT2D eigenvalue weighted by molar-refractivity contribution is 7.22. The molecule has 5 rings (SSSR count). The fourth-order valence-corrected chi connectivity index (χ4v) is 4.85. The van der Waals surface area contributed by atoms with Crippen LogP contribution in [0.15, 0.2) is 48.8 Å². The minimum absolute atomic E-state index is 0.0299. The van der Waals surface area contributed by atoms with Gasteiger partial charge in [0.2, 0.25) is 0 Å². The number of anilines is 1. The number of carbonyl (C=O) groups excluding carboxylic acids is 1. The Labute approximate surface area is 180 Å². The van der Waals surface area contributed by atoms with Crippen LogP contribution in [0.25, 0.3) is 15.9 Å². The Morgan fingerprint density at radius 2 is 1.90 bits per heavy atom. The number of halogens is 2. The predicted octanol–water partition coefficient (Wildman–Crippen LogP) is 3.92. The summed E-state index contributed by atoms with van der Waals surface area (Å²) in [4.78, 5) is 17.5. The topological polar surface area (TPSA) is 84.7 Å². The molecule has 0 unspecified atom stereocenters. The van der Waals surface area contributed by atoms with E-state index < -0.39 is 5.82 Å². The molecule has 1 aliphatic rings. The van der Waals surface area contributed by atoms with Gasteiger partial charge in [-0.1, -0.05) is 16.6 Å². The summed E-state index contributed by atoms with van der Waals surface area (Å²) >= 11 is 1.38. The van der Waals surface area contributed by atoms with Crippen molar-refractivity contribution in [2.45, 2.75) is 31.3 Å². The largest absolute Gasteiger partial charge is 0.357 e. The van der Waals surface area contributed by atoms with Crippen molar-refractivity contribution in [1.29, 1.82) is 0 Å². The van der Waals surface area contributed by atoms with Crippen LogP contribution in [0, 0.1) is 11.6 Å². The number of carbonyl (C=O) groups is 1. The van der Waals surface area contributed by atoms with Crippen LogP contribution in [0.2, 0.25) is 0 Å². The summed E-state index contributed by atoms with van der Waals surface area (Å²) in [6.07, 6.45) is 5.66. The Bertz CT molecular complexity index is 1240. The summed E-state index contributed by atoms with van der Waals surface area (Å²) in [5.74, 6) is -1.18. The van der Waals surface area contributed by atoms with Gasteiger partial charge in [-0.15, -0.1) is 5.10 Å². The normalized spacial score (nSPS) is 18.4. The van der Waals surface area contributed by atoms with Crippen molar-refractivity contribution >= 4 is 32.6 Å². The lowest BCUT2D eigenvalue weighted by Gasteiger charge is -2.22. The van der Waals surface area contributed by atoms with Crippen LogP contribution in [-0.2, 0) is 0 Å². The third-order valence-corrected chi connectivity index (χ3v) is 6.31. The molecular formula is C21H18F2N6OS. The highest BCUT2D eigenvalue weighted by atomic mass is 32.1. The molecule has 1 aliphatic carbocycles. The second-order valence-electron chi connectivity index (χ2n) is 7.40. The number of amides is 1. The van der Waals surface area contributed by atoms with E-state index >= 15 is 0 Å². The van der Waals surface area contributed by atoms with Crippen LogP contribution < -0.4 is 10.6 Å². The molecule has 10 heteroatoms. The SMILES string of the molecule is O=C(N[C@@H]1CCC[C@H]1Nc1nc2ccc(F)cc2s1)c1cc(F)ccc1-n1ccnn1. The number of benzene rings is 2. The molecule has 0 aliphatic heterocycles. The van der Waals surface area contributed by atoms with Crippen LogP contribution in [0.3, 0.4) is 0 Å². The number of nitrogens with one attached hydrogen (secondary N) is 2. The Morgan fingerprint density at radius 1 is 1.10 bits per heavy atom. The maximum atomic E-state index is 13.9. The lowest BCUT2D eigenvalue weighted by Crippen LogP contribution is -2.43. The zero-order valence-corrected chi connectivity index (χ0v) is 17.1. The van der Waals surface area contributed by atoms with Gasteiger partial charge in [-0.2, -0.15) is 0 Å². The molecule has 31 heavy (non-hydrogen) atoms. The average Bonchev–Trinajstić information content (AvgIpc) is 3.49. The van der Waals surface area contributed by atoms with Crippen LogP contribution >= 0.6 is 11.3 Å². The van der Waals surface area contributed by atoms with E-state index in [1.54, 1.807) is 12.3 Å². The van der Waals surface area contributed by atoms with E-state index in [2.05, 4.69) is 25.9 Å². The number of fused-ring (bicyclic) bond motifs is 1. The van der Waals surface area contributed by atoms with Crippen molar-refractivity contribution in [2.75, 3.05) is 5.32 Å². The lowest BCUT2D eigenvalue weighted by molar-refractivity contribution is 0.0935. The highest BCUT2D eigenvalue weighted by Crippen LogP contribution is 2.30. The third kappa shape index (κ3) is 3.98. The molecule has 0 bridgehead atoms. The van der Waals surface area contributed by atoms with Crippen molar-refractivity contribution in [3.63, 3.8) is 0 Å². The molecule has 4 aromatic rings. The molecule has 2 aromatic carbocycles. The third-order valence-electron chi connectivity index (χ3n) is 5.36. The van der Waals surface area contributed by atoms with Crippen molar-refractivity contribution in [3.05, 3.63) is 66.0 Å². The number of nitrogens with zero attached hydrogens (tertiary/aromatic N) is 4. The first kappa shape index (κ1) is 19.6. The van der Waals surface area contributed by atoms with Gasteiger partial charge in [0, 0.05) is 12.1 Å². The van der Waals surface area contributed by atoms with Gasteiger partial charge in [0.15, 0.2) is 5.13 Å². The van der Waals surface area contributed by atoms with E-state index in [-0.39, 0.29) is 29.4 Å². The monoisotopic (exact) mass is 440 g/mol. The van der Waals surface area contributed by atoms with Gasteiger partial charge in [-0.05, 0) is 55.7 Å². The van der Waals surface area contributed by atoms with Gasteiger partial charge in [0.25, 0.3) is 5.91 Å². The van der Waals surface area contributed by atoms with E-state index in [4.69, 9.17) is 0 Å². The van der Waals surface area contributed by atoms with Crippen molar-refractivity contribution < 1.29 is 13.6 Å². The maximum absolute atomic E-state index is 13.9. The summed E-state index contributed by atoms with van der Waals surface area (Å²) in [6, 6.07) is 8.30. The first-order valence-electron chi connectivity index (χ1n) is 9.86. The average molecular weight is 440 g/mol. The molecule has 0 spiro atoms. The second kappa shape index (κ2) is 8.03. The summed E-state index contributed by atoms with van der Waals surface area (Å²) in [6.45, 7) is 0. The molecule has 2 heterocycles. The van der Waals surface area contributed by atoms with E-state index in [1.165, 1.54) is 52.5 Å². The fourth-order valence-electron chi connectivity index (χ4n) is 3.90. The summed E-state index contributed by atoms with van der Waals surface area (Å²) in [5, 5.41) is 14.7. The van der Waals surface area contributed by atoms with Gasteiger partial charge < -0.3 is 10.6 Å². The first-order chi connectivity index (χ1) is 15.1. The molecule has 2 atom stereocenters. The number of rotatable bonds is 5. The van der Waals surface area contributed by atoms with Gasteiger partial charge in [-0.25, -0.2) is 18.4 Å². The predicted molar refractivity (Wildman–Crippen MR) is 113 cm³/mol. The fraction of sp³-hybridized carbons (Fsp3) is 0.238. The van der Waals surface area contributed by atoms with E-state index in [9.17, 15) is 13.6 Å². The van der Waals surface area contributed by atoms with E-state index in [0.717, 1.165) is 29.5 Å². The Hall–Kier alpha value is -3.40. The van der Waals surface area contributed by atoms with Crippen molar-refractivity contribution in [2.24, 2.45) is 0 Å². The number of hydrogen-bond acceptors (Lipinski definition) is 6. The van der Waals surface area contributed by atoms with E-state index in [1.807, 2.05) is 0 Å². The van der Waals surface area contributed by atoms with Gasteiger partial charge >= 0.3 is 0 Å². The smallest absolute Gasteiger partial charge is 0.253 e. The minimum atomic E-state index is -0.503. The molecule has 0 radical (unpaired) electrons. The number of thiazole rings is 1. The maximum Gasteiger partial charge on any atom is 0.253 e. The summed E-state index contributed by atoms with van der Waals surface area (Å²) in [5.41, 5.74) is 1.36. The molecule has 1 fully saturated rings. The molecular weight excluding hydrogens is 422 g/mol. The first-order valence-corrected chi connectivity index (χ1v) is 10.7. The minimum Gasteiger partial charge on any atom is -0.357 e. The summed E-state index contributed by atoms with van der Waals surface area (Å²) in [7, 11) is 0. The number of hydrogen-bond donors (Lipinski definition) is 2. The quantitative estimate of drug-likeness (QED) is 0.491. The molecule has 1 saturated carbocycles. The van der Waals surface area contributed by atoms with Crippen LogP contribution in [0.1, 0.15) is 29.6 Å². The van der Waals surface area contributed by atoms with Gasteiger partial charge in [0.05, 0.1) is 33.9 Å². The lowest BCUT2D eigenvalue weighted by atomic mass is 10.1. The van der Waals surface area contributed by atoms with Crippen LogP contribution in [0.4, 0.5) is 13.9 Å². The van der Waals surface area contributed by atoms with Crippen LogP contribution in [0.5, 0.6) is 0 Å². The highest BCUT2D eigenvalue weighted by Gasteiger charge is 2.30. The van der Waals surface area contributed by atoms with Crippen molar-refractivity contribution in [1.82, 2.24) is 25.3 Å². The molecule has 7 nitrogen and oxygen atoms in total. The molecule has 2 N–H and O–H groups in total. The van der Waals surface area contributed by atoms with Crippen LogP contribution in [-0.4, -0.2) is 38.0 Å². The standard InChI is InChI=1S/C21H18F2N6OS/c22-12-5-7-18(29-9-8-24-28-29)14(10-12)20(30)25-15-2-1-3-16(15)26-21-27-17-6-4-13(23)11-19(17)31-21/h4-11,15-16H,1-3H2,(H,25,30)(H,26,27)/t15-,16-/m1/s1. The molecule has 1 amide bonds. The van der Waals surface area contributed by atoms with E-state index in [0.29, 0.717) is 10.8 Å². The molecule has 0 saturated heterocycles. The molecule has 158 valence electrons. The zero-order valence-electron chi connectivity index (χ0n) is 16.3. The molecule has 2 aromatic heterocycles. The zero-order chi connectivity index (χ0) is 21.4. The van der Waals surface area contributed by atoms with Gasteiger partial charge in [0.1, 0.15) is 11.6 Å². The number of aromatic nitrogens is 4. The van der Waals surface area contributed by atoms with Crippen molar-refractivity contribution in [3.8, 4) is 5.69 Å². The summed E-state index contributed by atoms with van der Waals surface area (Å²) < 4.78 is 29.5.